The number of nitrogens with one attached hydrogen (secondary N) is 1. The smallest absolute Gasteiger partial charge is 0.198 e. The summed E-state index contributed by atoms with van der Waals surface area (Å²) in [5.74, 6) is 2.68. The van der Waals surface area contributed by atoms with Crippen LogP contribution >= 0.6 is 0 Å². The number of ether oxygens (including phenoxy) is 2. The SMILES string of the molecule is CO[C@H]1CCCN(C[C@H]2COc3ccccc3[C@@H]2Nc2cccc3nc(C4CC4)oc23)C1. The van der Waals surface area contributed by atoms with E-state index in [0.29, 0.717) is 24.5 Å². The van der Waals surface area contributed by atoms with Crippen LogP contribution in [0.2, 0.25) is 0 Å². The van der Waals surface area contributed by atoms with E-state index in [1.165, 1.54) is 24.8 Å². The number of anilines is 1. The molecule has 0 spiro atoms. The predicted molar refractivity (Wildman–Crippen MR) is 124 cm³/mol. The maximum Gasteiger partial charge on any atom is 0.198 e. The van der Waals surface area contributed by atoms with Crippen molar-refractivity contribution in [2.75, 3.05) is 38.7 Å². The Morgan fingerprint density at radius 2 is 2.03 bits per heavy atom. The van der Waals surface area contributed by atoms with Crippen molar-refractivity contribution in [1.29, 1.82) is 0 Å². The number of aromatic nitrogens is 1. The van der Waals surface area contributed by atoms with Gasteiger partial charge in [-0.1, -0.05) is 24.3 Å². The number of hydrogen-bond donors (Lipinski definition) is 1. The molecule has 6 heteroatoms. The number of methoxy groups -OCH3 is 1. The Morgan fingerprint density at radius 3 is 2.91 bits per heavy atom. The van der Waals surface area contributed by atoms with E-state index in [9.17, 15) is 0 Å². The number of oxazole rings is 1. The van der Waals surface area contributed by atoms with Crippen molar-refractivity contribution in [1.82, 2.24) is 9.88 Å². The summed E-state index contributed by atoms with van der Waals surface area (Å²) in [6, 6.07) is 14.8. The maximum absolute atomic E-state index is 6.23. The number of likely N-dealkylation sites (tertiary alicyclic amines) is 1. The molecule has 0 amide bonds. The number of hydrogen-bond acceptors (Lipinski definition) is 6. The lowest BCUT2D eigenvalue weighted by atomic mass is 9.89. The van der Waals surface area contributed by atoms with Gasteiger partial charge in [0.05, 0.1) is 24.4 Å². The second-order valence-corrected chi connectivity index (χ2v) is 9.47. The first kappa shape index (κ1) is 20.1. The lowest BCUT2D eigenvalue weighted by molar-refractivity contribution is 0.0197. The van der Waals surface area contributed by atoms with Crippen LogP contribution in [-0.2, 0) is 4.74 Å². The average Bonchev–Trinajstić information content (AvgIpc) is 3.59. The molecule has 1 saturated heterocycles. The topological polar surface area (TPSA) is 59.8 Å². The molecule has 1 aromatic heterocycles. The van der Waals surface area contributed by atoms with Crippen molar-refractivity contribution in [3.05, 3.63) is 53.9 Å². The minimum Gasteiger partial charge on any atom is -0.493 e. The highest BCUT2D eigenvalue weighted by Gasteiger charge is 2.34. The summed E-state index contributed by atoms with van der Waals surface area (Å²) < 4.78 is 18.1. The van der Waals surface area contributed by atoms with Gasteiger partial charge in [-0.3, -0.25) is 0 Å². The Balaban J connectivity index is 1.30. The average molecular weight is 434 g/mol. The molecule has 1 saturated carbocycles. The molecule has 3 atom stereocenters. The van der Waals surface area contributed by atoms with E-state index in [4.69, 9.17) is 18.9 Å². The zero-order valence-electron chi connectivity index (χ0n) is 18.6. The molecule has 2 fully saturated rings. The summed E-state index contributed by atoms with van der Waals surface area (Å²) in [5, 5.41) is 3.85. The lowest BCUT2D eigenvalue weighted by Crippen LogP contribution is -2.45. The summed E-state index contributed by atoms with van der Waals surface area (Å²) in [5.41, 5.74) is 4.03. The van der Waals surface area contributed by atoms with Gasteiger partial charge in [0.25, 0.3) is 0 Å². The Hall–Kier alpha value is -2.57. The molecule has 6 nitrogen and oxygen atoms in total. The van der Waals surface area contributed by atoms with Gasteiger partial charge in [0.1, 0.15) is 11.3 Å². The van der Waals surface area contributed by atoms with Crippen LogP contribution in [0.3, 0.4) is 0 Å². The first-order chi connectivity index (χ1) is 15.8. The summed E-state index contributed by atoms with van der Waals surface area (Å²) in [4.78, 5) is 7.29. The van der Waals surface area contributed by atoms with Gasteiger partial charge in [-0.2, -0.15) is 0 Å². The normalized spacial score (nSPS) is 26.0. The van der Waals surface area contributed by atoms with Crippen LogP contribution in [0.15, 0.2) is 46.9 Å². The Morgan fingerprint density at radius 1 is 1.12 bits per heavy atom. The van der Waals surface area contributed by atoms with Crippen molar-refractivity contribution >= 4 is 16.8 Å². The standard InChI is InChI=1S/C26H31N3O3/c1-30-19-6-5-13-29(15-19)14-18-16-31-23-10-3-2-7-20(23)24(18)27-21-8-4-9-22-25(21)32-26(28-22)17-11-12-17/h2-4,7-10,17-19,24,27H,5-6,11-16H2,1H3/t18-,19-,24+/m0/s1. The lowest BCUT2D eigenvalue weighted by Gasteiger charge is -2.39. The second-order valence-electron chi connectivity index (χ2n) is 9.47. The number of piperidine rings is 1. The molecular formula is C26H31N3O3. The summed E-state index contributed by atoms with van der Waals surface area (Å²) in [7, 11) is 1.83. The summed E-state index contributed by atoms with van der Waals surface area (Å²) in [6.07, 6.45) is 5.03. The van der Waals surface area contributed by atoms with Crippen molar-refractivity contribution in [2.45, 2.75) is 43.7 Å². The van der Waals surface area contributed by atoms with Crippen molar-refractivity contribution in [2.24, 2.45) is 5.92 Å². The zero-order chi connectivity index (χ0) is 21.5. The highest BCUT2D eigenvalue weighted by molar-refractivity contribution is 5.86. The molecule has 0 radical (unpaired) electrons. The van der Waals surface area contributed by atoms with E-state index in [1.807, 2.05) is 19.2 Å². The van der Waals surface area contributed by atoms with Gasteiger partial charge in [-0.25, -0.2) is 4.98 Å². The van der Waals surface area contributed by atoms with Gasteiger partial charge in [-0.05, 0) is 50.4 Å². The molecule has 6 rings (SSSR count). The van der Waals surface area contributed by atoms with E-state index in [0.717, 1.165) is 54.5 Å². The molecule has 2 aromatic carbocycles. The van der Waals surface area contributed by atoms with Crippen LogP contribution < -0.4 is 10.1 Å². The fourth-order valence-corrected chi connectivity index (χ4v) is 5.22. The first-order valence-corrected chi connectivity index (χ1v) is 11.9. The molecule has 1 aliphatic carbocycles. The fraction of sp³-hybridized carbons (Fsp3) is 0.500. The Bertz CT molecular complexity index is 1090. The van der Waals surface area contributed by atoms with E-state index < -0.39 is 0 Å². The molecule has 3 heterocycles. The Kier molecular flexibility index (Phi) is 5.27. The third kappa shape index (κ3) is 3.86. The van der Waals surface area contributed by atoms with Crippen LogP contribution in [0.4, 0.5) is 5.69 Å². The van der Waals surface area contributed by atoms with Crippen molar-refractivity contribution in [3.63, 3.8) is 0 Å². The minimum absolute atomic E-state index is 0.142. The number of nitrogens with zero attached hydrogens (tertiary/aromatic N) is 2. The third-order valence-corrected chi connectivity index (χ3v) is 7.14. The van der Waals surface area contributed by atoms with Crippen molar-refractivity contribution in [3.8, 4) is 5.75 Å². The predicted octanol–water partition coefficient (Wildman–Crippen LogP) is 4.98. The van der Waals surface area contributed by atoms with Crippen molar-refractivity contribution < 1.29 is 13.9 Å². The van der Waals surface area contributed by atoms with Gasteiger partial charge in [0.15, 0.2) is 11.5 Å². The molecular weight excluding hydrogens is 402 g/mol. The first-order valence-electron chi connectivity index (χ1n) is 11.9. The van der Waals surface area contributed by atoms with E-state index in [-0.39, 0.29) is 6.04 Å². The highest BCUT2D eigenvalue weighted by Crippen LogP contribution is 2.43. The number of rotatable bonds is 6. The minimum atomic E-state index is 0.142. The summed E-state index contributed by atoms with van der Waals surface area (Å²) in [6.45, 7) is 3.78. The number of fused-ring (bicyclic) bond motifs is 2. The van der Waals surface area contributed by atoms with Gasteiger partial charge in [-0.15, -0.1) is 0 Å². The molecule has 0 unspecified atom stereocenters. The molecule has 3 aliphatic rings. The van der Waals surface area contributed by atoms with Gasteiger partial charge in [0.2, 0.25) is 0 Å². The van der Waals surface area contributed by atoms with Gasteiger partial charge < -0.3 is 24.1 Å². The second kappa shape index (κ2) is 8.41. The van der Waals surface area contributed by atoms with E-state index >= 15 is 0 Å². The number of benzene rings is 2. The summed E-state index contributed by atoms with van der Waals surface area (Å²) >= 11 is 0. The van der Waals surface area contributed by atoms with E-state index in [2.05, 4.69) is 40.5 Å². The molecule has 1 N–H and O–H groups in total. The van der Waals surface area contributed by atoms with Crippen LogP contribution in [0.1, 0.15) is 49.1 Å². The quantitative estimate of drug-likeness (QED) is 0.592. The van der Waals surface area contributed by atoms with Gasteiger partial charge >= 0.3 is 0 Å². The zero-order valence-corrected chi connectivity index (χ0v) is 18.6. The van der Waals surface area contributed by atoms with Crippen LogP contribution in [0.5, 0.6) is 5.75 Å². The van der Waals surface area contributed by atoms with Crippen LogP contribution in [0, 0.1) is 5.92 Å². The largest absolute Gasteiger partial charge is 0.493 e. The monoisotopic (exact) mass is 433 g/mol. The third-order valence-electron chi connectivity index (χ3n) is 7.14. The fourth-order valence-electron chi connectivity index (χ4n) is 5.22. The van der Waals surface area contributed by atoms with Crippen LogP contribution in [0.25, 0.3) is 11.1 Å². The molecule has 32 heavy (non-hydrogen) atoms. The molecule has 168 valence electrons. The maximum atomic E-state index is 6.23. The highest BCUT2D eigenvalue weighted by atomic mass is 16.5. The molecule has 3 aromatic rings. The molecule has 0 bridgehead atoms. The Labute approximate surface area is 188 Å². The molecule has 2 aliphatic heterocycles. The van der Waals surface area contributed by atoms with Crippen LogP contribution in [-0.4, -0.2) is 49.3 Å². The van der Waals surface area contributed by atoms with E-state index in [1.54, 1.807) is 0 Å². The van der Waals surface area contributed by atoms with Gasteiger partial charge in [0, 0.05) is 37.6 Å². The number of para-hydroxylation sites is 2.